The Balaban J connectivity index is 1.48. The summed E-state index contributed by atoms with van der Waals surface area (Å²) in [6.45, 7) is 4.38. The fourth-order valence-electron chi connectivity index (χ4n) is 3.76. The van der Waals surface area contributed by atoms with Gasteiger partial charge >= 0.3 is 0 Å². The Bertz CT molecular complexity index is 668. The number of rotatable bonds is 6. The van der Waals surface area contributed by atoms with E-state index in [1.54, 1.807) is 17.5 Å². The molecule has 2 aliphatic rings. The molecule has 0 saturated carbocycles. The molecule has 2 fully saturated rings. The molecular weight excluding hydrogens is 370 g/mol. The Kier molecular flexibility index (Phi) is 7.08. The third kappa shape index (κ3) is 5.52. The van der Waals surface area contributed by atoms with Crippen LogP contribution in [-0.2, 0) is 14.8 Å². The van der Waals surface area contributed by atoms with Gasteiger partial charge in [-0.05, 0) is 56.1 Å². The molecule has 1 aromatic heterocycles. The van der Waals surface area contributed by atoms with Crippen molar-refractivity contribution in [1.29, 1.82) is 0 Å². The summed E-state index contributed by atoms with van der Waals surface area (Å²) < 4.78 is 27.6. The first-order chi connectivity index (χ1) is 12.5. The van der Waals surface area contributed by atoms with Gasteiger partial charge in [-0.2, -0.15) is 0 Å². The zero-order chi connectivity index (χ0) is 18.4. The zero-order valence-electron chi connectivity index (χ0n) is 15.2. The number of likely N-dealkylation sites (tertiary alicyclic amines) is 2. The Morgan fingerprint density at radius 2 is 1.92 bits per heavy atom. The molecule has 0 radical (unpaired) electrons. The summed E-state index contributed by atoms with van der Waals surface area (Å²) in [6.07, 6.45) is 6.79. The van der Waals surface area contributed by atoms with Crippen LogP contribution in [0.1, 0.15) is 38.5 Å². The van der Waals surface area contributed by atoms with Gasteiger partial charge in [-0.25, -0.2) is 13.1 Å². The maximum absolute atomic E-state index is 12.7. The van der Waals surface area contributed by atoms with Gasteiger partial charge in [0.05, 0.1) is 6.54 Å². The number of nitrogens with zero attached hydrogens (tertiary/aromatic N) is 2. The highest BCUT2D eigenvalue weighted by Crippen LogP contribution is 2.19. The smallest absolute Gasteiger partial charge is 0.250 e. The quantitative estimate of drug-likeness (QED) is 0.796. The summed E-state index contributed by atoms with van der Waals surface area (Å²) in [6, 6.07) is 3.36. The van der Waals surface area contributed by atoms with E-state index in [1.807, 2.05) is 4.90 Å². The number of thiophene rings is 1. The number of nitrogens with one attached hydrogen (secondary N) is 1. The largest absolute Gasteiger partial charge is 0.341 e. The van der Waals surface area contributed by atoms with Crippen molar-refractivity contribution in [2.45, 2.75) is 42.7 Å². The lowest BCUT2D eigenvalue weighted by Crippen LogP contribution is -2.47. The molecule has 8 heteroatoms. The first kappa shape index (κ1) is 19.8. The molecule has 6 nitrogen and oxygen atoms in total. The highest BCUT2D eigenvalue weighted by molar-refractivity contribution is 7.91. The highest BCUT2D eigenvalue weighted by atomic mass is 32.2. The zero-order valence-corrected chi connectivity index (χ0v) is 16.9. The van der Waals surface area contributed by atoms with E-state index in [1.165, 1.54) is 37.0 Å². The maximum atomic E-state index is 12.7. The molecule has 3 heterocycles. The lowest BCUT2D eigenvalue weighted by molar-refractivity contribution is -0.134. The lowest BCUT2D eigenvalue weighted by atomic mass is 9.98. The lowest BCUT2D eigenvalue weighted by Gasteiger charge is -2.34. The van der Waals surface area contributed by atoms with Crippen LogP contribution in [0, 0.1) is 5.92 Å². The minimum absolute atomic E-state index is 0.187. The van der Waals surface area contributed by atoms with Crippen molar-refractivity contribution in [2.24, 2.45) is 5.92 Å². The molecule has 26 heavy (non-hydrogen) atoms. The maximum Gasteiger partial charge on any atom is 0.250 e. The minimum Gasteiger partial charge on any atom is -0.341 e. The van der Waals surface area contributed by atoms with E-state index < -0.39 is 10.0 Å². The molecule has 146 valence electrons. The van der Waals surface area contributed by atoms with Gasteiger partial charge in [0.2, 0.25) is 15.9 Å². The Morgan fingerprint density at radius 3 is 2.62 bits per heavy atom. The molecule has 0 spiro atoms. The molecule has 1 atom stereocenters. The average molecular weight is 400 g/mol. The number of hydrogen-bond donors (Lipinski definition) is 1. The van der Waals surface area contributed by atoms with E-state index in [4.69, 9.17) is 0 Å². The number of hydrogen-bond acceptors (Lipinski definition) is 5. The second-order valence-electron chi connectivity index (χ2n) is 7.32. The molecule has 2 aliphatic heterocycles. The van der Waals surface area contributed by atoms with Gasteiger partial charge in [-0.1, -0.05) is 18.9 Å². The summed E-state index contributed by atoms with van der Waals surface area (Å²) in [5.74, 6) is 0.379. The van der Waals surface area contributed by atoms with Crippen LogP contribution in [0.15, 0.2) is 21.7 Å². The number of amides is 1. The molecule has 1 aromatic rings. The van der Waals surface area contributed by atoms with Gasteiger partial charge in [0, 0.05) is 19.6 Å². The molecule has 3 rings (SSSR count). The molecule has 1 N–H and O–H groups in total. The second-order valence-corrected chi connectivity index (χ2v) is 10.3. The summed E-state index contributed by atoms with van der Waals surface area (Å²) in [5, 5.41) is 1.76. The first-order valence-corrected chi connectivity index (χ1v) is 11.9. The van der Waals surface area contributed by atoms with Crippen LogP contribution >= 0.6 is 11.3 Å². The fraction of sp³-hybridized carbons (Fsp3) is 0.722. The van der Waals surface area contributed by atoms with Crippen LogP contribution < -0.4 is 4.72 Å². The average Bonchev–Trinajstić information content (AvgIpc) is 3.08. The van der Waals surface area contributed by atoms with Gasteiger partial charge in [0.15, 0.2) is 0 Å². The van der Waals surface area contributed by atoms with Crippen molar-refractivity contribution in [3.8, 4) is 0 Å². The van der Waals surface area contributed by atoms with Gasteiger partial charge in [-0.15, -0.1) is 11.3 Å². The van der Waals surface area contributed by atoms with Crippen LogP contribution in [0.25, 0.3) is 0 Å². The Hall–Kier alpha value is -0.960. The topological polar surface area (TPSA) is 69.7 Å². The monoisotopic (exact) mass is 399 g/mol. The van der Waals surface area contributed by atoms with E-state index >= 15 is 0 Å². The van der Waals surface area contributed by atoms with Crippen LogP contribution in [0.4, 0.5) is 0 Å². The standard InChI is InChI=1S/C18H29N3O3S2/c22-17(15-20-9-3-1-2-4-10-20)21-11-5-7-16(14-21)13-19-26(23,24)18-8-6-12-25-18/h6,8,12,16,19H,1-5,7,9-11,13-15H2. The summed E-state index contributed by atoms with van der Waals surface area (Å²) in [4.78, 5) is 16.9. The second kappa shape index (κ2) is 9.30. The van der Waals surface area contributed by atoms with E-state index in [0.717, 1.165) is 32.5 Å². The van der Waals surface area contributed by atoms with Gasteiger partial charge in [0.1, 0.15) is 4.21 Å². The normalized spacial score (nSPS) is 22.9. The van der Waals surface area contributed by atoms with Crippen LogP contribution in [0.2, 0.25) is 0 Å². The molecule has 0 aromatic carbocycles. The third-order valence-electron chi connectivity index (χ3n) is 5.25. The summed E-state index contributed by atoms with van der Waals surface area (Å²) >= 11 is 1.22. The van der Waals surface area contributed by atoms with Crippen molar-refractivity contribution in [3.63, 3.8) is 0 Å². The van der Waals surface area contributed by atoms with Gasteiger partial charge in [-0.3, -0.25) is 9.69 Å². The Morgan fingerprint density at radius 1 is 1.15 bits per heavy atom. The van der Waals surface area contributed by atoms with Gasteiger partial charge < -0.3 is 4.90 Å². The molecule has 0 bridgehead atoms. The molecule has 0 aliphatic carbocycles. The van der Waals surface area contributed by atoms with E-state index in [2.05, 4.69) is 9.62 Å². The van der Waals surface area contributed by atoms with E-state index in [0.29, 0.717) is 23.8 Å². The van der Waals surface area contributed by atoms with E-state index in [9.17, 15) is 13.2 Å². The van der Waals surface area contributed by atoms with Gasteiger partial charge in [0.25, 0.3) is 0 Å². The van der Waals surface area contributed by atoms with Crippen molar-refractivity contribution in [2.75, 3.05) is 39.3 Å². The first-order valence-electron chi connectivity index (χ1n) is 9.58. The van der Waals surface area contributed by atoms with E-state index in [-0.39, 0.29) is 11.8 Å². The number of carbonyl (C=O) groups is 1. The number of carbonyl (C=O) groups excluding carboxylic acids is 1. The predicted octanol–water partition coefficient (Wildman–Crippen LogP) is 2.14. The highest BCUT2D eigenvalue weighted by Gasteiger charge is 2.26. The molecular formula is C18H29N3O3S2. The summed E-state index contributed by atoms with van der Waals surface area (Å²) in [5.41, 5.74) is 0. The van der Waals surface area contributed by atoms with Crippen molar-refractivity contribution < 1.29 is 13.2 Å². The molecule has 2 saturated heterocycles. The van der Waals surface area contributed by atoms with Crippen LogP contribution in [0.3, 0.4) is 0 Å². The number of sulfonamides is 1. The predicted molar refractivity (Wildman–Crippen MR) is 104 cm³/mol. The van der Waals surface area contributed by atoms with Crippen LogP contribution in [-0.4, -0.2) is 63.4 Å². The Labute approximate surface area is 160 Å². The molecule has 1 amide bonds. The fourth-order valence-corrected chi connectivity index (χ4v) is 5.91. The van der Waals surface area contributed by atoms with Crippen LogP contribution in [0.5, 0.6) is 0 Å². The minimum atomic E-state index is -3.42. The van der Waals surface area contributed by atoms with Crippen molar-refractivity contribution in [1.82, 2.24) is 14.5 Å². The third-order valence-corrected chi connectivity index (χ3v) is 8.07. The summed E-state index contributed by atoms with van der Waals surface area (Å²) in [7, 11) is -3.42. The molecule has 1 unspecified atom stereocenters. The van der Waals surface area contributed by atoms with Crippen molar-refractivity contribution in [3.05, 3.63) is 17.5 Å². The SMILES string of the molecule is O=C(CN1CCCCCC1)N1CCCC(CNS(=O)(=O)c2cccs2)C1. The number of piperidine rings is 1. The van der Waals surface area contributed by atoms with Crippen molar-refractivity contribution >= 4 is 27.3 Å².